The summed E-state index contributed by atoms with van der Waals surface area (Å²) in [6, 6.07) is 22.2. The van der Waals surface area contributed by atoms with Crippen molar-refractivity contribution >= 4 is 34.8 Å². The van der Waals surface area contributed by atoms with Crippen molar-refractivity contribution in [1.82, 2.24) is 9.97 Å². The maximum atomic E-state index is 14.0. The van der Waals surface area contributed by atoms with E-state index in [2.05, 4.69) is 94.0 Å². The highest BCUT2D eigenvalue weighted by Crippen LogP contribution is 2.28. The van der Waals surface area contributed by atoms with Gasteiger partial charge < -0.3 is 24.5 Å². The Bertz CT molecular complexity index is 1990. The number of aliphatic carboxylic acids is 1. The van der Waals surface area contributed by atoms with Gasteiger partial charge in [0.05, 0.1) is 17.6 Å². The molecule has 0 amide bonds. The number of nitrogens with one attached hydrogen (secondary N) is 1. The number of imidazole rings is 1. The second kappa shape index (κ2) is 16.3. The van der Waals surface area contributed by atoms with Gasteiger partial charge in [0.15, 0.2) is 17.9 Å². The van der Waals surface area contributed by atoms with Crippen LogP contribution in [0.15, 0.2) is 78.9 Å². The molecule has 5 aromatic rings. The Labute approximate surface area is 289 Å². The number of ether oxygens (including phenoxy) is 1. The monoisotopic (exact) mass is 688 g/mol. The number of hydrogen-bond donors (Lipinski definition) is 1. The number of hydrogen-bond acceptors (Lipinski definition) is 5. The number of anilines is 1. The van der Waals surface area contributed by atoms with E-state index in [1.54, 1.807) is 13.0 Å². The lowest BCUT2D eigenvalue weighted by molar-refractivity contribution is -0.709. The second-order valence-corrected chi connectivity index (χ2v) is 12.0. The van der Waals surface area contributed by atoms with Gasteiger partial charge in [-0.15, -0.1) is 0 Å². The number of carbonyl (C=O) groups excluding carboxylic acids is 1. The molecule has 0 aliphatic carbocycles. The smallest absolute Gasteiger partial charge is 0.430 e. The fourth-order valence-corrected chi connectivity index (χ4v) is 5.34. The predicted octanol–water partition coefficient (Wildman–Crippen LogP) is 7.45. The first-order valence-electron chi connectivity index (χ1n) is 15.9. The number of halogens is 4. The summed E-state index contributed by atoms with van der Waals surface area (Å²) in [7, 11) is 4.10. The molecule has 0 radical (unpaired) electrons. The number of aromatic amines is 1. The van der Waals surface area contributed by atoms with Gasteiger partial charge in [-0.05, 0) is 73.0 Å². The molecule has 0 aliphatic heterocycles. The summed E-state index contributed by atoms with van der Waals surface area (Å²) in [6.07, 6.45) is 4.14. The van der Waals surface area contributed by atoms with Crippen LogP contribution in [-0.4, -0.2) is 42.8 Å². The van der Waals surface area contributed by atoms with Gasteiger partial charge in [-0.2, -0.15) is 13.2 Å². The second-order valence-electron chi connectivity index (χ2n) is 12.0. The largest absolute Gasteiger partial charge is 0.542 e. The molecule has 0 bridgehead atoms. The number of pyridine rings is 1. The molecule has 3 aromatic carbocycles. The van der Waals surface area contributed by atoms with Crippen molar-refractivity contribution in [2.45, 2.75) is 46.8 Å². The van der Waals surface area contributed by atoms with Crippen LogP contribution in [0, 0.1) is 33.5 Å². The van der Waals surface area contributed by atoms with Crippen molar-refractivity contribution in [1.29, 1.82) is 0 Å². The van der Waals surface area contributed by atoms with E-state index in [1.807, 2.05) is 39.2 Å². The molecular formula is C39H40F4N4O3. The Hall–Kier alpha value is -5.45. The summed E-state index contributed by atoms with van der Waals surface area (Å²) >= 11 is 0. The highest BCUT2D eigenvalue weighted by atomic mass is 19.4. The minimum atomic E-state index is -5.19. The number of alkyl halides is 3. The van der Waals surface area contributed by atoms with Crippen LogP contribution in [0.5, 0.6) is 5.75 Å². The van der Waals surface area contributed by atoms with Crippen LogP contribution >= 0.6 is 0 Å². The quantitative estimate of drug-likeness (QED) is 0.0714. The van der Waals surface area contributed by atoms with Gasteiger partial charge in [-0.1, -0.05) is 36.4 Å². The van der Waals surface area contributed by atoms with Crippen molar-refractivity contribution in [3.8, 4) is 17.1 Å². The van der Waals surface area contributed by atoms with E-state index >= 15 is 0 Å². The maximum absolute atomic E-state index is 14.0. The zero-order valence-corrected chi connectivity index (χ0v) is 28.9. The van der Waals surface area contributed by atoms with Gasteiger partial charge in [0.1, 0.15) is 23.4 Å². The normalized spacial score (nSPS) is 11.6. The maximum Gasteiger partial charge on any atom is 0.430 e. The van der Waals surface area contributed by atoms with Crippen molar-refractivity contribution in [3.05, 3.63) is 118 Å². The molecule has 0 spiro atoms. The third kappa shape index (κ3) is 9.81. The number of nitrogens with zero attached hydrogens (tertiary/aromatic N) is 3. The van der Waals surface area contributed by atoms with E-state index < -0.39 is 12.1 Å². The SMILES string of the molecule is Cc1cc(OCCC[n+]2c(C)cc(/C=C/C=C/c3ccc(N(C)C)cc3)cc2C)ccc1-c1nc2c(C)c(F)ccc2[nH]1.O=C([O-])C(F)(F)F. The number of aryl methyl sites for hydroxylation is 4. The Morgan fingerprint density at radius 2 is 1.54 bits per heavy atom. The topological polar surface area (TPSA) is 85.2 Å². The highest BCUT2D eigenvalue weighted by molar-refractivity contribution is 5.83. The minimum Gasteiger partial charge on any atom is -0.542 e. The van der Waals surface area contributed by atoms with Gasteiger partial charge in [0.2, 0.25) is 0 Å². The summed E-state index contributed by atoms with van der Waals surface area (Å²) in [4.78, 5) is 18.9. The lowest BCUT2D eigenvalue weighted by Gasteiger charge is -2.11. The minimum absolute atomic E-state index is 0.242. The molecule has 5 rings (SSSR count). The van der Waals surface area contributed by atoms with E-state index in [0.717, 1.165) is 41.2 Å². The standard InChI is InChI=1S/C37H40FN4O.C2HF3O2/c1-25-22-32(16-17-33(25)37-39-35-19-18-34(38)28(4)36(35)40-37)43-21-9-20-42-26(2)23-30(24-27(42)3)11-8-7-10-29-12-14-31(15-13-29)41(5)6;3-2(4,5)1(6)7/h7-8,10-19,22-24H,9,20-21H2,1-6H3,(H,39,40);(H,6,7)/q+1;/p-1. The van der Waals surface area contributed by atoms with Crippen molar-refractivity contribution in [2.24, 2.45) is 0 Å². The first kappa shape index (κ1) is 37.4. The molecule has 262 valence electrons. The molecule has 0 unspecified atom stereocenters. The van der Waals surface area contributed by atoms with Crippen LogP contribution in [-0.2, 0) is 11.3 Å². The van der Waals surface area contributed by atoms with E-state index in [1.165, 1.54) is 34.3 Å². The number of aromatic nitrogens is 3. The summed E-state index contributed by atoms with van der Waals surface area (Å²) in [6.45, 7) is 9.61. The molecule has 50 heavy (non-hydrogen) atoms. The van der Waals surface area contributed by atoms with Crippen molar-refractivity contribution < 1.29 is 36.8 Å². The number of benzene rings is 3. The average molecular weight is 689 g/mol. The van der Waals surface area contributed by atoms with Crippen LogP contribution in [0.2, 0.25) is 0 Å². The fourth-order valence-electron chi connectivity index (χ4n) is 5.34. The predicted molar refractivity (Wildman–Crippen MR) is 187 cm³/mol. The lowest BCUT2D eigenvalue weighted by Crippen LogP contribution is -2.41. The molecule has 11 heteroatoms. The van der Waals surface area contributed by atoms with Gasteiger partial charge in [-0.3, -0.25) is 0 Å². The number of carboxylic acids is 1. The van der Waals surface area contributed by atoms with E-state index in [-0.39, 0.29) is 5.82 Å². The van der Waals surface area contributed by atoms with Gasteiger partial charge in [0.25, 0.3) is 0 Å². The third-order valence-electron chi connectivity index (χ3n) is 8.02. The number of rotatable bonds is 10. The Morgan fingerprint density at radius 1 is 0.920 bits per heavy atom. The molecule has 0 saturated heterocycles. The first-order valence-corrected chi connectivity index (χ1v) is 15.9. The molecule has 0 aliphatic rings. The van der Waals surface area contributed by atoms with Gasteiger partial charge in [0, 0.05) is 63.3 Å². The Balaban J connectivity index is 0.000000727. The summed E-state index contributed by atoms with van der Waals surface area (Å²) in [5, 5.41) is 8.78. The van der Waals surface area contributed by atoms with Crippen molar-refractivity contribution in [3.63, 3.8) is 0 Å². The molecular weight excluding hydrogens is 648 g/mol. The zero-order chi connectivity index (χ0) is 36.6. The molecule has 0 atom stereocenters. The van der Waals surface area contributed by atoms with E-state index in [9.17, 15) is 17.6 Å². The number of allylic oxidation sites excluding steroid dienone is 2. The highest BCUT2D eigenvalue weighted by Gasteiger charge is 2.28. The first-order chi connectivity index (χ1) is 23.6. The van der Waals surface area contributed by atoms with E-state index in [0.29, 0.717) is 17.7 Å². The van der Waals surface area contributed by atoms with Crippen LogP contribution in [0.3, 0.4) is 0 Å². The van der Waals surface area contributed by atoms with Crippen LogP contribution < -0.4 is 19.3 Å². The lowest BCUT2D eigenvalue weighted by atomic mass is 10.1. The van der Waals surface area contributed by atoms with E-state index in [4.69, 9.17) is 14.6 Å². The molecule has 0 fully saturated rings. The van der Waals surface area contributed by atoms with Crippen LogP contribution in [0.4, 0.5) is 23.2 Å². The van der Waals surface area contributed by atoms with Gasteiger partial charge >= 0.3 is 6.18 Å². The zero-order valence-electron chi connectivity index (χ0n) is 28.9. The van der Waals surface area contributed by atoms with Crippen LogP contribution in [0.1, 0.15) is 40.1 Å². The van der Waals surface area contributed by atoms with Crippen LogP contribution in [0.25, 0.3) is 34.6 Å². The number of carbonyl (C=O) groups is 1. The summed E-state index contributed by atoms with van der Waals surface area (Å²) in [5.74, 6) is -1.68. The molecule has 2 aromatic heterocycles. The van der Waals surface area contributed by atoms with Crippen molar-refractivity contribution in [2.75, 3.05) is 25.6 Å². The molecule has 1 N–H and O–H groups in total. The Morgan fingerprint density at radius 3 is 2.12 bits per heavy atom. The summed E-state index contributed by atoms with van der Waals surface area (Å²) < 4.78 is 54.0. The average Bonchev–Trinajstić information content (AvgIpc) is 3.49. The van der Waals surface area contributed by atoms with Gasteiger partial charge in [-0.25, -0.2) is 13.9 Å². The molecule has 0 saturated carbocycles. The Kier molecular flexibility index (Phi) is 12.2. The molecule has 7 nitrogen and oxygen atoms in total. The fraction of sp³-hybridized carbons (Fsp3) is 0.256. The number of fused-ring (bicyclic) bond motifs is 1. The molecule has 2 heterocycles. The third-order valence-corrected chi connectivity index (χ3v) is 8.02. The number of H-pyrrole nitrogens is 1. The summed E-state index contributed by atoms with van der Waals surface area (Å²) in [5.41, 5.74) is 10.1. The number of carboxylic acid groups (broad SMARTS) is 1.